The molecule has 0 aliphatic carbocycles. The van der Waals surface area contributed by atoms with Crippen LogP contribution in [0.15, 0.2) is 18.2 Å². The molecule has 0 fully saturated rings. The van der Waals surface area contributed by atoms with Gasteiger partial charge >= 0.3 is 0 Å². The van der Waals surface area contributed by atoms with Crippen LogP contribution in [0, 0.1) is 3.57 Å². The Morgan fingerprint density at radius 2 is 2.12 bits per heavy atom. The predicted molar refractivity (Wildman–Crippen MR) is 75.2 cm³/mol. The van der Waals surface area contributed by atoms with E-state index in [1.165, 1.54) is 3.57 Å². The number of halogens is 1. The van der Waals surface area contributed by atoms with Gasteiger partial charge < -0.3 is 9.47 Å². The van der Waals surface area contributed by atoms with Crippen LogP contribution >= 0.6 is 22.6 Å². The molecule has 2 nitrogen and oxygen atoms in total. The van der Waals surface area contributed by atoms with Gasteiger partial charge in [0.2, 0.25) is 0 Å². The van der Waals surface area contributed by atoms with Gasteiger partial charge in [0.15, 0.2) is 0 Å². The highest BCUT2D eigenvalue weighted by Gasteiger charge is 2.12. The second-order valence-corrected chi connectivity index (χ2v) is 4.69. The van der Waals surface area contributed by atoms with E-state index < -0.39 is 0 Å². The van der Waals surface area contributed by atoms with Gasteiger partial charge in [-0.2, -0.15) is 0 Å². The van der Waals surface area contributed by atoms with Crippen molar-refractivity contribution in [2.45, 2.75) is 26.4 Å². The summed E-state index contributed by atoms with van der Waals surface area (Å²) in [6, 6.07) is 5.98. The van der Waals surface area contributed by atoms with E-state index in [2.05, 4.69) is 35.6 Å². The van der Waals surface area contributed by atoms with E-state index in [4.69, 9.17) is 17.3 Å². The van der Waals surface area contributed by atoms with Crippen LogP contribution in [0.5, 0.6) is 0 Å². The van der Waals surface area contributed by atoms with Crippen molar-refractivity contribution in [3.63, 3.8) is 0 Å². The summed E-state index contributed by atoms with van der Waals surface area (Å²) in [4.78, 5) is 0. The Morgan fingerprint density at radius 1 is 1.38 bits per heavy atom. The second kappa shape index (κ2) is 7.30. The first-order chi connectivity index (χ1) is 7.69. The Hall–Kier alpha value is -0.0651. The Bertz CT molecular complexity index is 331. The first-order valence-electron chi connectivity index (χ1n) is 5.43. The fraction of sp³-hybridized carbons (Fsp3) is 0.500. The minimum Gasteiger partial charge on any atom is -0.356 e. The van der Waals surface area contributed by atoms with Gasteiger partial charge in [-0.3, -0.25) is 0 Å². The Morgan fingerprint density at radius 3 is 2.75 bits per heavy atom. The number of hydrogen-bond acceptors (Lipinski definition) is 2. The van der Waals surface area contributed by atoms with Gasteiger partial charge in [-0.05, 0) is 53.6 Å². The van der Waals surface area contributed by atoms with E-state index >= 15 is 0 Å². The fourth-order valence-corrected chi connectivity index (χ4v) is 1.98. The van der Waals surface area contributed by atoms with Crippen molar-refractivity contribution in [2.75, 3.05) is 13.4 Å². The lowest BCUT2D eigenvalue weighted by molar-refractivity contribution is -0.0884. The van der Waals surface area contributed by atoms with E-state index in [1.54, 1.807) is 0 Å². The molecule has 0 saturated heterocycles. The standard InChI is InChI=1S/C12H16BIO2/c1-3-12(16-8-15-4-2)10-7-9(14)5-6-11(10)13/h5-7,12H,3-4,8H2,1-2H3/t12-/m1/s1. The van der Waals surface area contributed by atoms with Crippen molar-refractivity contribution in [1.29, 1.82) is 0 Å². The number of ether oxygens (including phenoxy) is 2. The molecule has 1 aromatic rings. The molecule has 0 unspecified atom stereocenters. The molecule has 1 atom stereocenters. The maximum absolute atomic E-state index is 5.95. The molecule has 0 N–H and O–H groups in total. The fourth-order valence-electron chi connectivity index (χ4n) is 1.47. The number of hydrogen-bond donors (Lipinski definition) is 0. The summed E-state index contributed by atoms with van der Waals surface area (Å²) in [5, 5.41) is 0. The van der Waals surface area contributed by atoms with Crippen LogP contribution in [-0.4, -0.2) is 21.2 Å². The van der Waals surface area contributed by atoms with Gasteiger partial charge in [0.1, 0.15) is 14.6 Å². The third kappa shape index (κ3) is 4.07. The van der Waals surface area contributed by atoms with E-state index in [0.717, 1.165) is 17.4 Å². The monoisotopic (exact) mass is 330 g/mol. The summed E-state index contributed by atoms with van der Waals surface area (Å²) >= 11 is 2.27. The van der Waals surface area contributed by atoms with Gasteiger partial charge in [-0.25, -0.2) is 0 Å². The van der Waals surface area contributed by atoms with Crippen LogP contribution in [0.25, 0.3) is 0 Å². The maximum atomic E-state index is 5.95. The molecule has 0 saturated carbocycles. The van der Waals surface area contributed by atoms with Crippen molar-refractivity contribution >= 4 is 35.9 Å². The Balaban J connectivity index is 2.73. The molecule has 0 spiro atoms. The van der Waals surface area contributed by atoms with Gasteiger partial charge in [0, 0.05) is 10.2 Å². The molecular formula is C12H16BIO2. The van der Waals surface area contributed by atoms with E-state index in [-0.39, 0.29) is 6.10 Å². The van der Waals surface area contributed by atoms with Crippen molar-refractivity contribution in [2.24, 2.45) is 0 Å². The largest absolute Gasteiger partial charge is 0.356 e. The summed E-state index contributed by atoms with van der Waals surface area (Å²) in [5.74, 6) is 0. The lowest BCUT2D eigenvalue weighted by Gasteiger charge is -2.19. The molecule has 0 aliphatic heterocycles. The molecule has 0 bridgehead atoms. The predicted octanol–water partition coefficient (Wildman–Crippen LogP) is 2.55. The van der Waals surface area contributed by atoms with Crippen LogP contribution < -0.4 is 5.46 Å². The molecule has 1 aromatic carbocycles. The van der Waals surface area contributed by atoms with Crippen LogP contribution in [-0.2, 0) is 9.47 Å². The lowest BCUT2D eigenvalue weighted by Crippen LogP contribution is -2.17. The molecule has 2 radical (unpaired) electrons. The van der Waals surface area contributed by atoms with Gasteiger partial charge in [-0.1, -0.05) is 18.5 Å². The van der Waals surface area contributed by atoms with Crippen LogP contribution in [0.4, 0.5) is 0 Å². The van der Waals surface area contributed by atoms with Crippen molar-refractivity contribution < 1.29 is 9.47 Å². The SMILES string of the molecule is [B]c1ccc(I)cc1[C@@H](CC)OCOCC. The summed E-state index contributed by atoms with van der Waals surface area (Å²) in [5.41, 5.74) is 1.83. The molecule has 0 amide bonds. The highest BCUT2D eigenvalue weighted by atomic mass is 127. The Labute approximate surface area is 112 Å². The van der Waals surface area contributed by atoms with Crippen molar-refractivity contribution in [3.05, 3.63) is 27.3 Å². The third-order valence-electron chi connectivity index (χ3n) is 2.32. The lowest BCUT2D eigenvalue weighted by atomic mass is 9.87. The quantitative estimate of drug-likeness (QED) is 0.345. The summed E-state index contributed by atoms with van der Waals surface area (Å²) in [6.45, 7) is 5.01. The van der Waals surface area contributed by atoms with Gasteiger partial charge in [0.05, 0.1) is 6.10 Å². The van der Waals surface area contributed by atoms with E-state index in [9.17, 15) is 0 Å². The topological polar surface area (TPSA) is 18.5 Å². The zero-order valence-electron chi connectivity index (χ0n) is 9.70. The van der Waals surface area contributed by atoms with Crippen molar-refractivity contribution in [3.8, 4) is 0 Å². The number of rotatable bonds is 6. The van der Waals surface area contributed by atoms with E-state index in [1.807, 2.05) is 19.1 Å². The molecule has 16 heavy (non-hydrogen) atoms. The van der Waals surface area contributed by atoms with Gasteiger partial charge in [0.25, 0.3) is 0 Å². The summed E-state index contributed by atoms with van der Waals surface area (Å²) < 4.78 is 12.0. The minimum absolute atomic E-state index is 0.0151. The van der Waals surface area contributed by atoms with Crippen LogP contribution in [0.3, 0.4) is 0 Å². The van der Waals surface area contributed by atoms with E-state index in [0.29, 0.717) is 13.4 Å². The summed E-state index contributed by atoms with van der Waals surface area (Å²) in [7, 11) is 5.95. The van der Waals surface area contributed by atoms with Gasteiger partial charge in [-0.15, -0.1) is 0 Å². The van der Waals surface area contributed by atoms with Crippen molar-refractivity contribution in [1.82, 2.24) is 0 Å². The number of benzene rings is 1. The second-order valence-electron chi connectivity index (χ2n) is 3.45. The molecule has 1 rings (SSSR count). The average Bonchev–Trinajstić information content (AvgIpc) is 2.28. The molecule has 4 heteroatoms. The molecular weight excluding hydrogens is 314 g/mol. The van der Waals surface area contributed by atoms with Crippen LogP contribution in [0.2, 0.25) is 0 Å². The molecule has 86 valence electrons. The zero-order valence-corrected chi connectivity index (χ0v) is 11.9. The molecule has 0 heterocycles. The normalized spacial score (nSPS) is 12.7. The maximum Gasteiger partial charge on any atom is 0.147 e. The Kier molecular flexibility index (Phi) is 6.38. The zero-order chi connectivity index (χ0) is 12.0. The first kappa shape index (κ1) is 14.0. The summed E-state index contributed by atoms with van der Waals surface area (Å²) in [6.07, 6.45) is 0.901. The highest BCUT2D eigenvalue weighted by molar-refractivity contribution is 14.1. The van der Waals surface area contributed by atoms with Crippen LogP contribution in [0.1, 0.15) is 31.9 Å². The average molecular weight is 330 g/mol. The molecule has 0 aromatic heterocycles. The highest BCUT2D eigenvalue weighted by Crippen LogP contribution is 2.20. The minimum atomic E-state index is 0.0151. The smallest absolute Gasteiger partial charge is 0.147 e. The molecule has 0 aliphatic rings. The first-order valence-corrected chi connectivity index (χ1v) is 6.51. The third-order valence-corrected chi connectivity index (χ3v) is 2.99.